The van der Waals surface area contributed by atoms with Crippen LogP contribution in [0.2, 0.25) is 0 Å². The van der Waals surface area contributed by atoms with Crippen LogP contribution in [-0.2, 0) is 14.3 Å². The number of likely N-dealkylation sites (tertiary alicyclic amines) is 1. The van der Waals surface area contributed by atoms with Gasteiger partial charge in [-0.25, -0.2) is 9.59 Å². The van der Waals surface area contributed by atoms with E-state index in [0.717, 1.165) is 0 Å². The Morgan fingerprint density at radius 1 is 1.19 bits per heavy atom. The van der Waals surface area contributed by atoms with E-state index in [1.807, 2.05) is 0 Å². The van der Waals surface area contributed by atoms with Crippen molar-refractivity contribution in [2.24, 2.45) is 5.92 Å². The Balaban J connectivity index is 2.06. The second-order valence-electron chi connectivity index (χ2n) is 5.76. The first-order valence-electron chi connectivity index (χ1n) is 8.39. The molecule has 1 amide bonds. The molecule has 1 unspecified atom stereocenters. The number of piperidine rings is 1. The first-order chi connectivity index (χ1) is 12.5. The smallest absolute Gasteiger partial charge is 0.409 e. The minimum absolute atomic E-state index is 0.207. The molecular formula is C18H23NO7. The molecule has 0 spiro atoms. The fourth-order valence-corrected chi connectivity index (χ4v) is 2.74. The highest BCUT2D eigenvalue weighted by Gasteiger charge is 2.31. The maximum Gasteiger partial charge on any atom is 0.409 e. The Morgan fingerprint density at radius 3 is 2.62 bits per heavy atom. The van der Waals surface area contributed by atoms with Gasteiger partial charge in [-0.05, 0) is 38.0 Å². The molecule has 0 saturated carbocycles. The van der Waals surface area contributed by atoms with Crippen molar-refractivity contribution in [3.8, 4) is 11.5 Å². The zero-order chi connectivity index (χ0) is 19.1. The van der Waals surface area contributed by atoms with E-state index in [9.17, 15) is 14.4 Å². The fourth-order valence-electron chi connectivity index (χ4n) is 2.74. The van der Waals surface area contributed by atoms with Gasteiger partial charge in [0.25, 0.3) is 0 Å². The molecule has 1 saturated heterocycles. The van der Waals surface area contributed by atoms with E-state index < -0.39 is 23.9 Å². The molecule has 1 atom stereocenters. The van der Waals surface area contributed by atoms with E-state index in [1.54, 1.807) is 6.92 Å². The highest BCUT2D eigenvalue weighted by atomic mass is 16.6. The van der Waals surface area contributed by atoms with Crippen LogP contribution >= 0.6 is 0 Å². The van der Waals surface area contributed by atoms with Crippen LogP contribution in [0.5, 0.6) is 11.5 Å². The molecule has 0 bridgehead atoms. The number of rotatable bonds is 5. The monoisotopic (exact) mass is 365 g/mol. The minimum atomic E-state index is -0.515. The summed E-state index contributed by atoms with van der Waals surface area (Å²) in [5, 5.41) is 0. The van der Waals surface area contributed by atoms with Crippen LogP contribution in [0, 0.1) is 5.92 Å². The largest absolute Gasteiger partial charge is 0.493 e. The van der Waals surface area contributed by atoms with E-state index >= 15 is 0 Å². The van der Waals surface area contributed by atoms with Gasteiger partial charge < -0.3 is 23.8 Å². The lowest BCUT2D eigenvalue weighted by Gasteiger charge is -2.30. The minimum Gasteiger partial charge on any atom is -0.493 e. The normalized spacial score (nSPS) is 16.6. The van der Waals surface area contributed by atoms with Gasteiger partial charge in [0.2, 0.25) is 0 Å². The van der Waals surface area contributed by atoms with E-state index in [1.165, 1.54) is 37.3 Å². The van der Waals surface area contributed by atoms with Crippen molar-refractivity contribution in [3.05, 3.63) is 23.8 Å². The van der Waals surface area contributed by atoms with Crippen molar-refractivity contribution in [1.29, 1.82) is 0 Å². The lowest BCUT2D eigenvalue weighted by Crippen LogP contribution is -2.43. The summed E-state index contributed by atoms with van der Waals surface area (Å²) >= 11 is 0. The molecule has 0 radical (unpaired) electrons. The average Bonchev–Trinajstić information content (AvgIpc) is 2.67. The predicted molar refractivity (Wildman–Crippen MR) is 91.3 cm³/mol. The van der Waals surface area contributed by atoms with Crippen LogP contribution in [0.3, 0.4) is 0 Å². The Hall–Kier alpha value is -2.77. The van der Waals surface area contributed by atoms with Crippen LogP contribution in [0.25, 0.3) is 0 Å². The SMILES string of the molecule is CCOC(=O)N1CCCC(C(=O)Oc2ccc(C(=O)OC)cc2OC)C1. The van der Waals surface area contributed by atoms with Crippen LogP contribution in [0.15, 0.2) is 18.2 Å². The van der Waals surface area contributed by atoms with Crippen LogP contribution in [0.4, 0.5) is 4.79 Å². The lowest BCUT2D eigenvalue weighted by atomic mass is 9.98. The number of carbonyl (C=O) groups is 3. The molecule has 0 aliphatic carbocycles. The average molecular weight is 365 g/mol. The Kier molecular flexibility index (Phi) is 6.82. The third-order valence-electron chi connectivity index (χ3n) is 4.08. The first-order valence-corrected chi connectivity index (χ1v) is 8.39. The Morgan fingerprint density at radius 2 is 1.96 bits per heavy atom. The molecule has 8 heteroatoms. The summed E-state index contributed by atoms with van der Waals surface area (Å²) in [6, 6.07) is 4.41. The topological polar surface area (TPSA) is 91.4 Å². The summed E-state index contributed by atoms with van der Waals surface area (Å²) < 4.78 is 20.3. The zero-order valence-electron chi connectivity index (χ0n) is 15.1. The summed E-state index contributed by atoms with van der Waals surface area (Å²) in [6.45, 7) is 2.83. The van der Waals surface area contributed by atoms with Gasteiger partial charge in [0.05, 0.1) is 32.3 Å². The second kappa shape index (κ2) is 9.07. The molecule has 1 heterocycles. The van der Waals surface area contributed by atoms with Gasteiger partial charge in [-0.1, -0.05) is 0 Å². The highest BCUT2D eigenvalue weighted by molar-refractivity contribution is 5.90. The van der Waals surface area contributed by atoms with Crippen molar-refractivity contribution in [1.82, 2.24) is 4.90 Å². The Labute approximate surface area is 152 Å². The zero-order valence-corrected chi connectivity index (χ0v) is 15.1. The molecule has 8 nitrogen and oxygen atoms in total. The summed E-state index contributed by atoms with van der Waals surface area (Å²) in [7, 11) is 2.69. The number of esters is 2. The van der Waals surface area contributed by atoms with Crippen LogP contribution < -0.4 is 9.47 Å². The van der Waals surface area contributed by atoms with E-state index in [-0.39, 0.29) is 30.2 Å². The van der Waals surface area contributed by atoms with Gasteiger partial charge in [0.15, 0.2) is 11.5 Å². The van der Waals surface area contributed by atoms with Crippen molar-refractivity contribution < 1.29 is 33.3 Å². The van der Waals surface area contributed by atoms with E-state index in [2.05, 4.69) is 4.74 Å². The second-order valence-corrected chi connectivity index (χ2v) is 5.76. The number of methoxy groups -OCH3 is 2. The molecule has 1 aromatic rings. The van der Waals surface area contributed by atoms with Crippen molar-refractivity contribution >= 4 is 18.0 Å². The standard InChI is InChI=1S/C18H23NO7/c1-4-25-18(22)19-9-5-6-13(11-19)17(21)26-14-8-7-12(16(20)24-3)10-15(14)23-2/h7-8,10,13H,4-6,9,11H2,1-3H3. The quantitative estimate of drug-likeness (QED) is 0.584. The van der Waals surface area contributed by atoms with E-state index in [4.69, 9.17) is 14.2 Å². The summed E-state index contributed by atoms with van der Waals surface area (Å²) in [5.41, 5.74) is 0.287. The molecule has 1 fully saturated rings. The fraction of sp³-hybridized carbons (Fsp3) is 0.500. The van der Waals surface area contributed by atoms with Gasteiger partial charge in [0.1, 0.15) is 0 Å². The van der Waals surface area contributed by atoms with Gasteiger partial charge in [-0.15, -0.1) is 0 Å². The number of ether oxygens (including phenoxy) is 4. The number of hydrogen-bond acceptors (Lipinski definition) is 7. The molecule has 1 aromatic carbocycles. The molecule has 26 heavy (non-hydrogen) atoms. The summed E-state index contributed by atoms with van der Waals surface area (Å²) in [6.07, 6.45) is 0.888. The first kappa shape index (κ1) is 19.6. The lowest BCUT2D eigenvalue weighted by molar-refractivity contribution is -0.140. The molecule has 0 N–H and O–H groups in total. The molecule has 2 rings (SSSR count). The molecule has 142 valence electrons. The number of carbonyl (C=O) groups excluding carboxylic acids is 3. The molecule has 0 aromatic heterocycles. The van der Waals surface area contributed by atoms with Crippen molar-refractivity contribution in [2.45, 2.75) is 19.8 Å². The summed E-state index contributed by atoms with van der Waals surface area (Å²) in [5.74, 6) is -0.961. The van der Waals surface area contributed by atoms with Gasteiger partial charge >= 0.3 is 18.0 Å². The maximum absolute atomic E-state index is 12.5. The van der Waals surface area contributed by atoms with Crippen LogP contribution in [0.1, 0.15) is 30.1 Å². The number of hydrogen-bond donors (Lipinski definition) is 0. The van der Waals surface area contributed by atoms with E-state index in [0.29, 0.717) is 19.4 Å². The van der Waals surface area contributed by atoms with Gasteiger partial charge in [0, 0.05) is 13.1 Å². The van der Waals surface area contributed by atoms with Gasteiger partial charge in [-0.2, -0.15) is 0 Å². The van der Waals surface area contributed by atoms with Crippen LogP contribution in [-0.4, -0.2) is 56.8 Å². The Bertz CT molecular complexity index is 674. The predicted octanol–water partition coefficient (Wildman–Crippen LogP) is 2.26. The molecule has 1 aliphatic heterocycles. The highest BCUT2D eigenvalue weighted by Crippen LogP contribution is 2.30. The maximum atomic E-state index is 12.5. The third-order valence-corrected chi connectivity index (χ3v) is 4.08. The van der Waals surface area contributed by atoms with Crippen molar-refractivity contribution in [3.63, 3.8) is 0 Å². The summed E-state index contributed by atoms with van der Waals surface area (Å²) in [4.78, 5) is 37.4. The third kappa shape index (κ3) is 4.65. The molecular weight excluding hydrogens is 342 g/mol. The number of nitrogens with zero attached hydrogens (tertiary/aromatic N) is 1. The molecule has 1 aliphatic rings. The van der Waals surface area contributed by atoms with Gasteiger partial charge in [-0.3, -0.25) is 4.79 Å². The number of benzene rings is 1. The van der Waals surface area contributed by atoms with Crippen molar-refractivity contribution in [2.75, 3.05) is 33.9 Å². The number of amides is 1.